The minimum Gasteiger partial charge on any atom is -0.497 e. The summed E-state index contributed by atoms with van der Waals surface area (Å²) in [6.45, 7) is 0.120. The van der Waals surface area contributed by atoms with E-state index in [-0.39, 0.29) is 17.1 Å². The van der Waals surface area contributed by atoms with Gasteiger partial charge in [-0.05, 0) is 35.9 Å². The number of rotatable bonds is 4. The number of carbonyl (C=O) groups is 1. The molecule has 2 aromatic rings. The van der Waals surface area contributed by atoms with E-state index in [4.69, 9.17) is 9.47 Å². The van der Waals surface area contributed by atoms with E-state index in [1.54, 1.807) is 19.2 Å². The fourth-order valence-electron chi connectivity index (χ4n) is 1.63. The molecule has 3 nitrogen and oxygen atoms in total. The molecule has 0 atom stereocenters. The van der Waals surface area contributed by atoms with Gasteiger partial charge >= 0.3 is 5.97 Å². The van der Waals surface area contributed by atoms with Crippen molar-refractivity contribution in [3.8, 4) is 5.75 Å². The van der Waals surface area contributed by atoms with Crippen molar-refractivity contribution in [2.24, 2.45) is 0 Å². The quantitative estimate of drug-likeness (QED) is 0.692. The molecular formula is C15H13FO3S. The number of carbonyl (C=O) groups excluding carboxylic acids is 1. The van der Waals surface area contributed by atoms with Crippen LogP contribution in [-0.4, -0.2) is 13.1 Å². The predicted octanol–water partition coefficient (Wildman–Crippen LogP) is 3.48. The first-order valence-electron chi connectivity index (χ1n) is 5.88. The average molecular weight is 292 g/mol. The molecule has 0 aliphatic carbocycles. The van der Waals surface area contributed by atoms with Crippen molar-refractivity contribution in [3.05, 3.63) is 59.4 Å². The minimum atomic E-state index is -0.525. The number of hydrogen-bond acceptors (Lipinski definition) is 4. The molecule has 104 valence electrons. The Bertz CT molecular complexity index is 628. The zero-order chi connectivity index (χ0) is 14.5. The highest BCUT2D eigenvalue weighted by atomic mass is 32.1. The van der Waals surface area contributed by atoms with Crippen molar-refractivity contribution in [1.29, 1.82) is 0 Å². The van der Waals surface area contributed by atoms with E-state index in [1.165, 1.54) is 18.2 Å². The van der Waals surface area contributed by atoms with Crippen LogP contribution in [0.3, 0.4) is 0 Å². The summed E-state index contributed by atoms with van der Waals surface area (Å²) in [4.78, 5) is 11.9. The molecule has 5 heteroatoms. The first-order chi connectivity index (χ1) is 9.60. The van der Waals surface area contributed by atoms with Gasteiger partial charge in [-0.2, -0.15) is 0 Å². The number of benzene rings is 2. The van der Waals surface area contributed by atoms with Gasteiger partial charge in [0, 0.05) is 4.90 Å². The Morgan fingerprint density at radius 2 is 2.05 bits per heavy atom. The maximum Gasteiger partial charge on any atom is 0.338 e. The van der Waals surface area contributed by atoms with Gasteiger partial charge in [-0.3, -0.25) is 0 Å². The minimum absolute atomic E-state index is 0.112. The molecule has 0 heterocycles. The second-order valence-corrected chi connectivity index (χ2v) is 4.58. The molecule has 0 unspecified atom stereocenters. The SMILES string of the molecule is COc1cccc(COC(=O)c2ccc(F)c(S)c2)c1. The molecule has 0 aromatic heterocycles. The number of ether oxygens (including phenoxy) is 2. The number of hydrogen-bond donors (Lipinski definition) is 1. The van der Waals surface area contributed by atoms with Crippen LogP contribution in [0.1, 0.15) is 15.9 Å². The Balaban J connectivity index is 2.02. The van der Waals surface area contributed by atoms with Gasteiger partial charge in [-0.15, -0.1) is 12.6 Å². The molecule has 20 heavy (non-hydrogen) atoms. The Hall–Kier alpha value is -2.01. The van der Waals surface area contributed by atoms with Gasteiger partial charge in [-0.25, -0.2) is 9.18 Å². The van der Waals surface area contributed by atoms with Crippen LogP contribution in [-0.2, 0) is 11.3 Å². The molecule has 0 saturated carbocycles. The summed E-state index contributed by atoms with van der Waals surface area (Å²) in [5, 5.41) is 0. The molecule has 0 bridgehead atoms. The highest BCUT2D eigenvalue weighted by molar-refractivity contribution is 7.80. The lowest BCUT2D eigenvalue weighted by Gasteiger charge is -2.07. The molecular weight excluding hydrogens is 279 g/mol. The second-order valence-electron chi connectivity index (χ2n) is 4.09. The first kappa shape index (κ1) is 14.4. The Labute approximate surface area is 121 Å². The summed E-state index contributed by atoms with van der Waals surface area (Å²) >= 11 is 3.93. The smallest absolute Gasteiger partial charge is 0.338 e. The molecule has 0 spiro atoms. The summed E-state index contributed by atoms with van der Waals surface area (Å²) in [6, 6.07) is 11.1. The van der Waals surface area contributed by atoms with Crippen LogP contribution in [0.4, 0.5) is 4.39 Å². The van der Waals surface area contributed by atoms with Gasteiger partial charge in [0.05, 0.1) is 12.7 Å². The standard InChI is InChI=1S/C15H13FO3S/c1-18-12-4-2-3-10(7-12)9-19-15(17)11-5-6-13(16)14(20)8-11/h2-8,20H,9H2,1H3. The van der Waals surface area contributed by atoms with E-state index < -0.39 is 11.8 Å². The van der Waals surface area contributed by atoms with E-state index in [0.29, 0.717) is 5.75 Å². The number of methoxy groups -OCH3 is 1. The third-order valence-electron chi connectivity index (χ3n) is 2.69. The lowest BCUT2D eigenvalue weighted by Crippen LogP contribution is -2.05. The van der Waals surface area contributed by atoms with Crippen LogP contribution in [0.25, 0.3) is 0 Å². The van der Waals surface area contributed by atoms with Crippen molar-refractivity contribution < 1.29 is 18.7 Å². The Morgan fingerprint density at radius 3 is 2.75 bits per heavy atom. The van der Waals surface area contributed by atoms with Gasteiger partial charge in [0.25, 0.3) is 0 Å². The van der Waals surface area contributed by atoms with Crippen molar-refractivity contribution in [2.75, 3.05) is 7.11 Å². The van der Waals surface area contributed by atoms with Crippen molar-refractivity contribution >= 4 is 18.6 Å². The fourth-order valence-corrected chi connectivity index (χ4v) is 1.85. The molecule has 0 radical (unpaired) electrons. The van der Waals surface area contributed by atoms with Crippen LogP contribution in [0.2, 0.25) is 0 Å². The molecule has 0 amide bonds. The number of esters is 1. The summed E-state index contributed by atoms with van der Waals surface area (Å²) in [6.07, 6.45) is 0. The zero-order valence-electron chi connectivity index (χ0n) is 10.8. The molecule has 0 aliphatic heterocycles. The second kappa shape index (κ2) is 6.43. The topological polar surface area (TPSA) is 35.5 Å². The maximum atomic E-state index is 13.1. The summed E-state index contributed by atoms with van der Waals surface area (Å²) in [7, 11) is 1.57. The molecule has 0 fully saturated rings. The third-order valence-corrected chi connectivity index (χ3v) is 3.03. The van der Waals surface area contributed by atoms with Crippen LogP contribution < -0.4 is 4.74 Å². The van der Waals surface area contributed by atoms with E-state index in [0.717, 1.165) is 5.56 Å². The van der Waals surface area contributed by atoms with Gasteiger partial charge in [-0.1, -0.05) is 12.1 Å². The van der Waals surface area contributed by atoms with E-state index >= 15 is 0 Å². The summed E-state index contributed by atoms with van der Waals surface area (Å²) in [5.41, 5.74) is 1.07. The maximum absolute atomic E-state index is 13.1. The molecule has 0 N–H and O–H groups in total. The van der Waals surface area contributed by atoms with Crippen molar-refractivity contribution in [1.82, 2.24) is 0 Å². The highest BCUT2D eigenvalue weighted by Crippen LogP contribution is 2.17. The summed E-state index contributed by atoms with van der Waals surface area (Å²) in [5.74, 6) is -0.307. The normalized spacial score (nSPS) is 10.2. The molecule has 2 aromatic carbocycles. The third kappa shape index (κ3) is 3.51. The monoisotopic (exact) mass is 292 g/mol. The lowest BCUT2D eigenvalue weighted by molar-refractivity contribution is 0.0472. The largest absolute Gasteiger partial charge is 0.497 e. The Kier molecular flexibility index (Phi) is 4.63. The van der Waals surface area contributed by atoms with Gasteiger partial charge in [0.2, 0.25) is 0 Å². The van der Waals surface area contributed by atoms with E-state index in [9.17, 15) is 9.18 Å². The molecule has 0 aliphatic rings. The Morgan fingerprint density at radius 1 is 1.25 bits per heavy atom. The zero-order valence-corrected chi connectivity index (χ0v) is 11.7. The van der Waals surface area contributed by atoms with Crippen LogP contribution in [0, 0.1) is 5.82 Å². The van der Waals surface area contributed by atoms with Gasteiger partial charge in [0.15, 0.2) is 0 Å². The van der Waals surface area contributed by atoms with Crippen molar-refractivity contribution in [3.63, 3.8) is 0 Å². The summed E-state index contributed by atoms with van der Waals surface area (Å²) < 4.78 is 23.3. The first-order valence-corrected chi connectivity index (χ1v) is 6.33. The number of thiol groups is 1. The van der Waals surface area contributed by atoms with Crippen LogP contribution in [0.15, 0.2) is 47.4 Å². The average Bonchev–Trinajstić information content (AvgIpc) is 2.47. The van der Waals surface area contributed by atoms with Crippen molar-refractivity contribution in [2.45, 2.75) is 11.5 Å². The van der Waals surface area contributed by atoms with Crippen LogP contribution >= 0.6 is 12.6 Å². The van der Waals surface area contributed by atoms with Gasteiger partial charge < -0.3 is 9.47 Å². The van der Waals surface area contributed by atoms with Crippen LogP contribution in [0.5, 0.6) is 5.75 Å². The van der Waals surface area contributed by atoms with E-state index in [1.807, 2.05) is 12.1 Å². The molecule has 2 rings (SSSR count). The van der Waals surface area contributed by atoms with E-state index in [2.05, 4.69) is 12.6 Å². The molecule has 0 saturated heterocycles. The number of halogens is 1. The lowest BCUT2D eigenvalue weighted by atomic mass is 10.2. The fraction of sp³-hybridized carbons (Fsp3) is 0.133. The van der Waals surface area contributed by atoms with Gasteiger partial charge in [0.1, 0.15) is 18.2 Å². The highest BCUT2D eigenvalue weighted by Gasteiger charge is 2.10. The predicted molar refractivity (Wildman–Crippen MR) is 75.8 cm³/mol.